The average molecular weight is 358 g/mol. The molecule has 3 rings (SSSR count). The van der Waals surface area contributed by atoms with Crippen LogP contribution in [0.3, 0.4) is 0 Å². The number of benzene rings is 1. The molecular weight excluding hydrogens is 338 g/mol. The minimum Gasteiger partial charge on any atom is -0.489 e. The van der Waals surface area contributed by atoms with Gasteiger partial charge in [0.25, 0.3) is 0 Å². The van der Waals surface area contributed by atoms with E-state index in [4.69, 9.17) is 16.3 Å². The summed E-state index contributed by atoms with van der Waals surface area (Å²) in [5.74, 6) is 0.662. The second-order valence-electron chi connectivity index (χ2n) is 5.98. The van der Waals surface area contributed by atoms with Gasteiger partial charge in [-0.15, -0.1) is 5.10 Å². The zero-order valence-corrected chi connectivity index (χ0v) is 15.2. The highest BCUT2D eigenvalue weighted by Gasteiger charge is 2.08. The van der Waals surface area contributed by atoms with Crippen LogP contribution in [0, 0.1) is 6.92 Å². The van der Waals surface area contributed by atoms with E-state index in [1.54, 1.807) is 10.9 Å². The van der Waals surface area contributed by atoms with Crippen LogP contribution in [0.25, 0.3) is 5.69 Å². The molecule has 25 heavy (non-hydrogen) atoms. The first kappa shape index (κ1) is 17.2. The van der Waals surface area contributed by atoms with Gasteiger partial charge in [0.1, 0.15) is 11.4 Å². The number of aromatic nitrogens is 4. The molecule has 2 heterocycles. The molecule has 0 atom stereocenters. The van der Waals surface area contributed by atoms with Crippen LogP contribution in [-0.2, 0) is 6.54 Å². The average Bonchev–Trinajstić information content (AvgIpc) is 3.03. The number of nitrogens with zero attached hydrogens (tertiary/aromatic N) is 4. The maximum atomic E-state index is 6.28. The Morgan fingerprint density at radius 2 is 2.08 bits per heavy atom. The summed E-state index contributed by atoms with van der Waals surface area (Å²) < 4.78 is 7.34. The summed E-state index contributed by atoms with van der Waals surface area (Å²) in [6.45, 7) is 6.46. The molecule has 0 aliphatic carbocycles. The maximum absolute atomic E-state index is 6.28. The molecule has 0 fully saturated rings. The van der Waals surface area contributed by atoms with E-state index in [0.29, 0.717) is 17.3 Å². The van der Waals surface area contributed by atoms with Crippen LogP contribution in [0.15, 0.2) is 42.7 Å². The Labute approximate surface area is 151 Å². The largest absolute Gasteiger partial charge is 0.489 e. The molecule has 0 unspecified atom stereocenters. The Balaban J connectivity index is 1.69. The molecule has 0 amide bonds. The Morgan fingerprint density at radius 3 is 2.80 bits per heavy atom. The second-order valence-corrected chi connectivity index (χ2v) is 6.38. The number of halogens is 1. The van der Waals surface area contributed by atoms with Gasteiger partial charge in [0, 0.05) is 17.6 Å². The minimum absolute atomic E-state index is 0.0734. The molecule has 0 spiro atoms. The molecule has 0 aliphatic rings. The van der Waals surface area contributed by atoms with Crippen molar-refractivity contribution >= 4 is 17.3 Å². The third-order valence-electron chi connectivity index (χ3n) is 3.45. The monoisotopic (exact) mass is 357 g/mol. The topological polar surface area (TPSA) is 64.9 Å². The molecule has 3 aromatic rings. The standard InChI is InChI=1S/C18H20ClN5O/c1-12(2)25-18-5-4-16(9-17(18)19)24-11-15(22-23-24)10-21-14-6-7-20-13(3)8-14/h4-9,11-12H,10H2,1-3H3,(H,20,21). The van der Waals surface area contributed by atoms with Crippen molar-refractivity contribution in [2.45, 2.75) is 33.4 Å². The van der Waals surface area contributed by atoms with Crippen LogP contribution < -0.4 is 10.1 Å². The number of hydrogen-bond donors (Lipinski definition) is 1. The lowest BCUT2D eigenvalue weighted by molar-refractivity contribution is 0.242. The van der Waals surface area contributed by atoms with Crippen LogP contribution in [0.2, 0.25) is 5.02 Å². The van der Waals surface area contributed by atoms with E-state index in [2.05, 4.69) is 20.6 Å². The van der Waals surface area contributed by atoms with Gasteiger partial charge in [0.05, 0.1) is 29.6 Å². The molecule has 6 nitrogen and oxygen atoms in total. The smallest absolute Gasteiger partial charge is 0.138 e. The minimum atomic E-state index is 0.0734. The first-order valence-corrected chi connectivity index (χ1v) is 8.43. The zero-order chi connectivity index (χ0) is 17.8. The first-order valence-electron chi connectivity index (χ1n) is 8.05. The van der Waals surface area contributed by atoms with Crippen molar-refractivity contribution in [2.75, 3.05) is 5.32 Å². The molecule has 1 aromatic carbocycles. The quantitative estimate of drug-likeness (QED) is 0.721. The summed E-state index contributed by atoms with van der Waals surface area (Å²) in [6, 6.07) is 9.47. The van der Waals surface area contributed by atoms with E-state index in [1.165, 1.54) is 0 Å². The van der Waals surface area contributed by atoms with Crippen LogP contribution >= 0.6 is 11.6 Å². The van der Waals surface area contributed by atoms with E-state index < -0.39 is 0 Å². The van der Waals surface area contributed by atoms with E-state index in [-0.39, 0.29) is 6.10 Å². The molecule has 1 N–H and O–H groups in total. The van der Waals surface area contributed by atoms with Crippen molar-refractivity contribution in [3.8, 4) is 11.4 Å². The fourth-order valence-electron chi connectivity index (χ4n) is 2.34. The Hall–Kier alpha value is -2.60. The molecule has 0 bridgehead atoms. The van der Waals surface area contributed by atoms with Gasteiger partial charge >= 0.3 is 0 Å². The number of anilines is 1. The summed E-state index contributed by atoms with van der Waals surface area (Å²) >= 11 is 6.28. The normalized spacial score (nSPS) is 10.9. The van der Waals surface area contributed by atoms with Crippen molar-refractivity contribution in [1.29, 1.82) is 0 Å². The molecule has 0 aliphatic heterocycles. The van der Waals surface area contributed by atoms with Gasteiger partial charge in [0.2, 0.25) is 0 Å². The van der Waals surface area contributed by atoms with Crippen molar-refractivity contribution in [1.82, 2.24) is 20.0 Å². The molecule has 0 saturated heterocycles. The lowest BCUT2D eigenvalue weighted by Gasteiger charge is -2.12. The van der Waals surface area contributed by atoms with Gasteiger partial charge in [-0.3, -0.25) is 4.98 Å². The number of nitrogens with one attached hydrogen (secondary N) is 1. The van der Waals surface area contributed by atoms with E-state index >= 15 is 0 Å². The molecular formula is C18H20ClN5O. The van der Waals surface area contributed by atoms with Crippen LogP contribution in [0.4, 0.5) is 5.69 Å². The first-order chi connectivity index (χ1) is 12.0. The predicted octanol–water partition coefficient (Wildman–Crippen LogP) is 4.02. The number of pyridine rings is 1. The highest BCUT2D eigenvalue weighted by Crippen LogP contribution is 2.27. The molecule has 2 aromatic heterocycles. The number of hydrogen-bond acceptors (Lipinski definition) is 5. The Morgan fingerprint density at radius 1 is 1.24 bits per heavy atom. The third-order valence-corrected chi connectivity index (χ3v) is 3.75. The predicted molar refractivity (Wildman–Crippen MR) is 98.4 cm³/mol. The van der Waals surface area contributed by atoms with E-state index in [1.807, 2.05) is 57.3 Å². The van der Waals surface area contributed by atoms with Crippen LogP contribution in [-0.4, -0.2) is 26.1 Å². The van der Waals surface area contributed by atoms with Crippen LogP contribution in [0.5, 0.6) is 5.75 Å². The van der Waals surface area contributed by atoms with Crippen molar-refractivity contribution < 1.29 is 4.74 Å². The second kappa shape index (κ2) is 7.53. The van der Waals surface area contributed by atoms with Gasteiger partial charge in [-0.2, -0.15) is 0 Å². The number of ether oxygens (including phenoxy) is 1. The van der Waals surface area contributed by atoms with Gasteiger partial charge in [-0.25, -0.2) is 4.68 Å². The Bertz CT molecular complexity index is 862. The maximum Gasteiger partial charge on any atom is 0.138 e. The molecule has 0 radical (unpaired) electrons. The highest BCUT2D eigenvalue weighted by atomic mass is 35.5. The van der Waals surface area contributed by atoms with Gasteiger partial charge in [-0.1, -0.05) is 16.8 Å². The lowest BCUT2D eigenvalue weighted by atomic mass is 10.3. The summed E-state index contributed by atoms with van der Waals surface area (Å²) in [5, 5.41) is 12.2. The summed E-state index contributed by atoms with van der Waals surface area (Å²) in [4.78, 5) is 4.18. The van der Waals surface area contributed by atoms with Gasteiger partial charge in [-0.05, 0) is 51.1 Å². The Kier molecular flexibility index (Phi) is 5.19. The summed E-state index contributed by atoms with van der Waals surface area (Å²) in [7, 11) is 0. The van der Waals surface area contributed by atoms with Gasteiger partial charge < -0.3 is 10.1 Å². The van der Waals surface area contributed by atoms with E-state index in [0.717, 1.165) is 22.8 Å². The molecule has 7 heteroatoms. The summed E-state index contributed by atoms with van der Waals surface area (Å²) in [5.41, 5.74) is 3.62. The molecule has 0 saturated carbocycles. The van der Waals surface area contributed by atoms with Crippen molar-refractivity contribution in [2.24, 2.45) is 0 Å². The fraction of sp³-hybridized carbons (Fsp3) is 0.278. The van der Waals surface area contributed by atoms with E-state index in [9.17, 15) is 0 Å². The highest BCUT2D eigenvalue weighted by molar-refractivity contribution is 6.32. The summed E-state index contributed by atoms with van der Waals surface area (Å²) in [6.07, 6.45) is 3.72. The van der Waals surface area contributed by atoms with Crippen LogP contribution in [0.1, 0.15) is 25.2 Å². The number of rotatable bonds is 6. The number of aryl methyl sites for hydroxylation is 1. The zero-order valence-electron chi connectivity index (χ0n) is 14.4. The third kappa shape index (κ3) is 4.48. The lowest BCUT2D eigenvalue weighted by Crippen LogP contribution is -2.06. The van der Waals surface area contributed by atoms with Crippen molar-refractivity contribution in [3.63, 3.8) is 0 Å². The van der Waals surface area contributed by atoms with Crippen molar-refractivity contribution in [3.05, 3.63) is 59.1 Å². The fourth-order valence-corrected chi connectivity index (χ4v) is 2.55. The SMILES string of the molecule is Cc1cc(NCc2cn(-c3ccc(OC(C)C)c(Cl)c3)nn2)ccn1. The molecule has 130 valence electrons. The van der Waals surface area contributed by atoms with Gasteiger partial charge in [0.15, 0.2) is 0 Å².